The number of aromatic nitrogens is 4. The lowest BCUT2D eigenvalue weighted by atomic mass is 9.93. The zero-order valence-corrected chi connectivity index (χ0v) is 66.2. The minimum absolute atomic E-state index is 0.0673. The third-order valence-corrected chi connectivity index (χ3v) is 26.3. The summed E-state index contributed by atoms with van der Waals surface area (Å²) in [5.41, 5.74) is 0.743. The minimum Gasteiger partial charge on any atom is -0.478 e. The Morgan fingerprint density at radius 1 is 0.570 bits per heavy atom. The second-order valence-corrected chi connectivity index (χ2v) is 38.0. The van der Waals surface area contributed by atoms with Gasteiger partial charge in [-0.3, -0.25) is 24.2 Å². The number of hydrogen-bond acceptors (Lipinski definition) is 20. The van der Waals surface area contributed by atoms with Crippen LogP contribution in [-0.2, 0) is 48.6 Å². The van der Waals surface area contributed by atoms with Crippen LogP contribution >= 0.6 is 23.2 Å². The fourth-order valence-corrected chi connectivity index (χ4v) is 20.0. The van der Waals surface area contributed by atoms with Crippen molar-refractivity contribution >= 4 is 102 Å². The van der Waals surface area contributed by atoms with Gasteiger partial charge in [0.1, 0.15) is 57.0 Å². The highest BCUT2D eigenvalue weighted by Crippen LogP contribution is 2.94. The molecule has 4 saturated heterocycles. The van der Waals surface area contributed by atoms with Crippen molar-refractivity contribution in [2.24, 2.45) is 50.5 Å². The molecule has 10 fully saturated rings. The van der Waals surface area contributed by atoms with E-state index in [2.05, 4.69) is 44.4 Å². The molecule has 584 valence electrons. The molecule has 27 nitrogen and oxygen atoms in total. The topological polar surface area (TPSA) is 354 Å². The zero-order valence-electron chi connectivity index (χ0n) is 63.0. The van der Waals surface area contributed by atoms with E-state index in [0.29, 0.717) is 116 Å². The monoisotopic (exact) mass is 1560 g/mol. The number of sulfonamides is 2. The van der Waals surface area contributed by atoms with Gasteiger partial charge in [0.15, 0.2) is 10.1 Å². The molecule has 31 heteroatoms. The maximum absolute atomic E-state index is 13.2. The first-order valence-electron chi connectivity index (χ1n) is 37.7. The van der Waals surface area contributed by atoms with Crippen LogP contribution in [0.5, 0.6) is 0 Å². The van der Waals surface area contributed by atoms with E-state index in [9.17, 15) is 45.6 Å². The number of amides is 5. The van der Waals surface area contributed by atoms with E-state index in [-0.39, 0.29) is 72.4 Å². The predicted octanol–water partition coefficient (Wildman–Crippen LogP) is 12.3. The highest BCUT2D eigenvalue weighted by atomic mass is 35.5. The van der Waals surface area contributed by atoms with Gasteiger partial charge in [-0.1, -0.05) is 35.3 Å². The number of nitrogens with two attached hydrogens (primary N) is 1. The van der Waals surface area contributed by atoms with Crippen LogP contribution in [0.25, 0.3) is 0 Å². The van der Waals surface area contributed by atoms with Gasteiger partial charge < -0.3 is 44.5 Å². The highest BCUT2D eigenvalue weighted by Gasteiger charge is 2.86. The normalized spacial score (nSPS) is 23.5. The summed E-state index contributed by atoms with van der Waals surface area (Å²) in [6.45, 7) is 24.0. The quantitative estimate of drug-likeness (QED) is 0.0304. The molecule has 6 aliphatic carbocycles. The number of hydrogen-bond donors (Lipinski definition) is 5. The first kappa shape index (κ1) is 79.5. The van der Waals surface area contributed by atoms with Crippen LogP contribution in [-0.4, -0.2) is 175 Å². The number of carboxylic acid groups (broad SMARTS) is 1. The SMILES string of the molecule is CC(C)(C)OC(=O)N1C[C@@H](CCCNc2cccc(S(=O)(=O)NC(=O)c3ccc(N4CCC(OCCC5C6(CC6)C56CC6)C4=O)nc3Cl)n2)CC1(C)C.CC(C)(C)OC(=O)N1C[C@@H](CCCNc2cccc(S(N)(=O)=O)n2)CC1(C)C.O=C(O)c1ccc(N2CCC(OCCC3C4(CC4)C34CC4)C2=O)nc1Cl. The Hall–Kier alpha value is -7.02. The number of nitrogens with zero attached hydrogens (tertiary/aromatic N) is 8. The zero-order chi connectivity index (χ0) is 77.2. The van der Waals surface area contributed by atoms with Crippen molar-refractivity contribution in [3.8, 4) is 0 Å². The summed E-state index contributed by atoms with van der Waals surface area (Å²) in [6, 6.07) is 14.9. The van der Waals surface area contributed by atoms with Crippen LogP contribution in [0, 0.1) is 45.3 Å². The van der Waals surface area contributed by atoms with E-state index < -0.39 is 55.3 Å². The lowest BCUT2D eigenvalue weighted by molar-refractivity contribution is -0.127. The molecule has 0 radical (unpaired) electrons. The number of likely N-dealkylation sites (tertiary alicyclic amines) is 2. The van der Waals surface area contributed by atoms with E-state index in [1.165, 1.54) is 97.6 Å². The Labute approximate surface area is 637 Å². The van der Waals surface area contributed by atoms with Crippen LogP contribution in [0.4, 0.5) is 32.9 Å². The lowest BCUT2D eigenvalue weighted by Crippen LogP contribution is -2.45. The summed E-state index contributed by atoms with van der Waals surface area (Å²) >= 11 is 12.3. The van der Waals surface area contributed by atoms with Crippen molar-refractivity contribution in [3.63, 3.8) is 0 Å². The van der Waals surface area contributed by atoms with Crippen molar-refractivity contribution in [3.05, 3.63) is 82.1 Å². The molecule has 4 atom stereocenters. The second-order valence-electron chi connectivity index (χ2n) is 34.2. The second kappa shape index (κ2) is 30.0. The van der Waals surface area contributed by atoms with Crippen molar-refractivity contribution in [1.29, 1.82) is 0 Å². The third-order valence-electron chi connectivity index (χ3n) is 23.7. The average molecular weight is 1560 g/mol. The first-order valence-corrected chi connectivity index (χ1v) is 41.5. The largest absolute Gasteiger partial charge is 0.478 e. The molecule has 0 bridgehead atoms. The van der Waals surface area contributed by atoms with Crippen molar-refractivity contribution in [2.45, 2.75) is 229 Å². The number of fused-ring (bicyclic) bond motifs is 2. The minimum atomic E-state index is -4.36. The average Bonchev–Trinajstić information content (AvgIpc) is 1.45. The number of halogens is 2. The summed E-state index contributed by atoms with van der Waals surface area (Å²) in [5.74, 6) is 1.35. The van der Waals surface area contributed by atoms with Crippen molar-refractivity contribution < 1.29 is 69.7 Å². The molecular formula is C76H104Cl2N12O15S2. The van der Waals surface area contributed by atoms with Gasteiger partial charge in [-0.25, -0.2) is 52.6 Å². The molecule has 0 aromatic carbocycles. The van der Waals surface area contributed by atoms with Gasteiger partial charge in [0.05, 0.1) is 11.1 Å². The number of primary sulfonamides is 1. The van der Waals surface area contributed by atoms with Crippen LogP contribution in [0.15, 0.2) is 70.7 Å². The van der Waals surface area contributed by atoms with Gasteiger partial charge in [-0.2, -0.15) is 8.42 Å². The highest BCUT2D eigenvalue weighted by molar-refractivity contribution is 7.90. The van der Waals surface area contributed by atoms with E-state index in [1.54, 1.807) is 29.2 Å². The molecule has 8 heterocycles. The molecule has 6 N–H and O–H groups in total. The number of nitrogens with one attached hydrogen (secondary N) is 3. The molecule has 107 heavy (non-hydrogen) atoms. The van der Waals surface area contributed by atoms with Gasteiger partial charge >= 0.3 is 18.2 Å². The molecule has 5 amide bonds. The summed E-state index contributed by atoms with van der Waals surface area (Å²) < 4.78 is 74.2. The fourth-order valence-electron chi connectivity index (χ4n) is 18.1. The van der Waals surface area contributed by atoms with Gasteiger partial charge in [0.2, 0.25) is 0 Å². The summed E-state index contributed by atoms with van der Waals surface area (Å²) in [7, 11) is -8.17. The molecule has 10 aliphatic rings. The fraction of sp³-hybridized carbons (Fsp3) is 0.658. The molecule has 4 spiro atoms. The number of carbonyl (C=O) groups is 6. The molecule has 4 aromatic rings. The molecular weight excluding hydrogens is 1460 g/mol. The van der Waals surface area contributed by atoms with Crippen LogP contribution < -0.4 is 30.3 Å². The van der Waals surface area contributed by atoms with Crippen LogP contribution in [0.1, 0.15) is 206 Å². The van der Waals surface area contributed by atoms with Gasteiger partial charge in [0.25, 0.3) is 37.8 Å². The number of anilines is 4. The predicted molar refractivity (Wildman–Crippen MR) is 402 cm³/mol. The van der Waals surface area contributed by atoms with Crippen molar-refractivity contribution in [2.75, 3.05) is 72.9 Å². The Morgan fingerprint density at radius 2 is 0.963 bits per heavy atom. The van der Waals surface area contributed by atoms with Gasteiger partial charge in [-0.15, -0.1) is 0 Å². The van der Waals surface area contributed by atoms with E-state index >= 15 is 0 Å². The van der Waals surface area contributed by atoms with Crippen LogP contribution in [0.2, 0.25) is 10.3 Å². The summed E-state index contributed by atoms with van der Waals surface area (Å²) in [5, 5.41) is 19.6. The number of carbonyl (C=O) groups excluding carboxylic acids is 5. The van der Waals surface area contributed by atoms with Gasteiger partial charge in [0, 0.05) is 76.4 Å². The Kier molecular flexibility index (Phi) is 22.3. The number of carboxylic acids is 1. The Morgan fingerprint density at radius 3 is 1.34 bits per heavy atom. The number of pyridine rings is 4. The van der Waals surface area contributed by atoms with E-state index in [1.807, 2.05) is 65.0 Å². The first-order chi connectivity index (χ1) is 50.2. The molecule has 6 saturated carbocycles. The molecule has 4 aliphatic heterocycles. The Balaban J connectivity index is 0.000000166. The molecule has 4 aromatic heterocycles. The number of aromatic carboxylic acids is 1. The third kappa shape index (κ3) is 17.6. The van der Waals surface area contributed by atoms with Gasteiger partial charge in [-0.05, 0) is 266 Å². The molecule has 2 unspecified atom stereocenters. The smallest absolute Gasteiger partial charge is 0.410 e. The number of rotatable bonds is 25. The maximum Gasteiger partial charge on any atom is 0.410 e. The summed E-state index contributed by atoms with van der Waals surface area (Å²) in [6.07, 6.45) is 17.9. The van der Waals surface area contributed by atoms with E-state index in [4.69, 9.17) is 52.4 Å². The standard InChI is InChI=1S/C38H51ClN6O7S.C19H21ClN2O4.C19H32N4O4S/c1-35(2,3)52-34(48)45-23-24(22-36(45,4)5)8-7-19-40-28-9-6-10-30(41-28)53(49,50)43-32(46)25-11-12-29(42-31(25)39)44-20-13-26(33(44)47)51-21-14-27-37(15-16-37)38(27)17-18-38;20-15-11(17(24)25)1-2-14(21-15)22-9-3-12(16(22)23)26-10-4-13-18(5-6-18)19(13)7-8-19;1-18(2,3)27-17(24)23-13-14(12-19(23,4)5)8-7-11-21-15-9-6-10-16(22-15)28(20,25)26/h6,9-12,24,26-27H,7-8,13-23H2,1-5H3,(H,40,41)(H,43,46);1-2,12-13H,3-10H2,(H,24,25);6,9-10,14H,7-8,11-13H2,1-5H3,(H,21,22)(H2,20,25,26)/t24-,26?;;14-/m0.0/s1. The summed E-state index contributed by atoms with van der Waals surface area (Å²) in [4.78, 5) is 98.3. The number of ether oxygens (including phenoxy) is 4. The van der Waals surface area contributed by atoms with E-state index in [0.717, 1.165) is 63.2 Å². The molecule has 14 rings (SSSR count). The van der Waals surface area contributed by atoms with Crippen molar-refractivity contribution in [1.82, 2.24) is 34.5 Å². The van der Waals surface area contributed by atoms with Crippen LogP contribution in [0.3, 0.4) is 0 Å². The maximum atomic E-state index is 13.2. The Bertz CT molecular complexity index is 4270. The lowest BCUT2D eigenvalue weighted by Gasteiger charge is -2.33.